The summed E-state index contributed by atoms with van der Waals surface area (Å²) in [7, 11) is 0. The largest absolute Gasteiger partial charge is 0.477 e. The van der Waals surface area contributed by atoms with Crippen LogP contribution in [0.15, 0.2) is 12.7 Å². The SMILES string of the molecule is C=CCOC(C)=N.Cl. The second-order valence-corrected chi connectivity index (χ2v) is 1.16. The molecule has 0 atom stereocenters. The monoisotopic (exact) mass is 135 g/mol. The number of rotatable bonds is 2. The van der Waals surface area contributed by atoms with Gasteiger partial charge in [-0.05, 0) is 0 Å². The van der Waals surface area contributed by atoms with Crippen molar-refractivity contribution in [3.63, 3.8) is 0 Å². The molecule has 0 aliphatic carbocycles. The molecule has 0 heterocycles. The standard InChI is InChI=1S/C5H9NO.ClH/c1-3-4-7-5(2)6;/h3,6H,1,4H2,2H3;1H. The summed E-state index contributed by atoms with van der Waals surface area (Å²) in [4.78, 5) is 0. The highest BCUT2D eigenvalue weighted by Crippen LogP contribution is 1.74. The second-order valence-electron chi connectivity index (χ2n) is 1.16. The average molecular weight is 136 g/mol. The van der Waals surface area contributed by atoms with E-state index in [9.17, 15) is 0 Å². The lowest BCUT2D eigenvalue weighted by Gasteiger charge is -1.94. The molecule has 48 valence electrons. The fourth-order valence-electron chi connectivity index (χ4n) is 0.184. The van der Waals surface area contributed by atoms with E-state index in [-0.39, 0.29) is 18.3 Å². The van der Waals surface area contributed by atoms with Crippen LogP contribution in [0.4, 0.5) is 0 Å². The molecule has 0 aliphatic rings. The van der Waals surface area contributed by atoms with Crippen molar-refractivity contribution in [3.05, 3.63) is 12.7 Å². The fraction of sp³-hybridized carbons (Fsp3) is 0.400. The van der Waals surface area contributed by atoms with E-state index in [1.54, 1.807) is 13.0 Å². The first kappa shape index (κ1) is 10.5. The highest BCUT2D eigenvalue weighted by molar-refractivity contribution is 5.85. The molecular formula is C5H10ClNO. The minimum atomic E-state index is 0. The maximum absolute atomic E-state index is 6.73. The van der Waals surface area contributed by atoms with Gasteiger partial charge in [0.25, 0.3) is 0 Å². The van der Waals surface area contributed by atoms with Gasteiger partial charge in [-0.25, -0.2) is 0 Å². The molecular weight excluding hydrogens is 126 g/mol. The molecule has 0 saturated heterocycles. The van der Waals surface area contributed by atoms with Crippen molar-refractivity contribution in [2.24, 2.45) is 0 Å². The Morgan fingerprint density at radius 1 is 1.88 bits per heavy atom. The van der Waals surface area contributed by atoms with Gasteiger partial charge < -0.3 is 4.74 Å². The van der Waals surface area contributed by atoms with E-state index < -0.39 is 0 Å². The van der Waals surface area contributed by atoms with Crippen LogP contribution in [0.5, 0.6) is 0 Å². The van der Waals surface area contributed by atoms with Gasteiger partial charge in [0.2, 0.25) is 0 Å². The summed E-state index contributed by atoms with van der Waals surface area (Å²) < 4.78 is 4.66. The van der Waals surface area contributed by atoms with Gasteiger partial charge in [0.15, 0.2) is 5.90 Å². The van der Waals surface area contributed by atoms with Gasteiger partial charge in [-0.15, -0.1) is 12.4 Å². The molecule has 0 bridgehead atoms. The molecule has 8 heavy (non-hydrogen) atoms. The Balaban J connectivity index is 0. The molecule has 0 spiro atoms. The van der Waals surface area contributed by atoms with Gasteiger partial charge in [0, 0.05) is 6.92 Å². The fourth-order valence-corrected chi connectivity index (χ4v) is 0.184. The zero-order valence-electron chi connectivity index (χ0n) is 4.81. The molecule has 0 amide bonds. The molecule has 0 aromatic carbocycles. The van der Waals surface area contributed by atoms with Crippen molar-refractivity contribution in [2.75, 3.05) is 6.61 Å². The van der Waals surface area contributed by atoms with Crippen LogP contribution in [0.3, 0.4) is 0 Å². The molecule has 0 rings (SSSR count). The first-order valence-corrected chi connectivity index (χ1v) is 2.06. The predicted octanol–water partition coefficient (Wildman–Crippen LogP) is 1.61. The van der Waals surface area contributed by atoms with Crippen molar-refractivity contribution < 1.29 is 4.74 Å². The molecule has 0 aromatic rings. The molecule has 3 heteroatoms. The van der Waals surface area contributed by atoms with Crippen LogP contribution < -0.4 is 0 Å². The zero-order chi connectivity index (χ0) is 5.70. The maximum atomic E-state index is 6.73. The number of hydrogen-bond donors (Lipinski definition) is 1. The smallest absolute Gasteiger partial charge is 0.177 e. The Kier molecular flexibility index (Phi) is 8.51. The van der Waals surface area contributed by atoms with E-state index in [0.29, 0.717) is 6.61 Å². The third-order valence-electron chi connectivity index (χ3n) is 0.418. The topological polar surface area (TPSA) is 33.1 Å². The van der Waals surface area contributed by atoms with Crippen molar-refractivity contribution >= 4 is 18.3 Å². The molecule has 0 aromatic heterocycles. The van der Waals surface area contributed by atoms with Crippen LogP contribution in [0.25, 0.3) is 0 Å². The lowest BCUT2D eigenvalue weighted by atomic mass is 10.7. The van der Waals surface area contributed by atoms with Crippen LogP contribution >= 0.6 is 12.4 Å². The van der Waals surface area contributed by atoms with Crippen molar-refractivity contribution in [1.29, 1.82) is 5.41 Å². The molecule has 0 fully saturated rings. The van der Waals surface area contributed by atoms with Crippen LogP contribution in [0, 0.1) is 5.41 Å². The zero-order valence-corrected chi connectivity index (χ0v) is 5.62. The van der Waals surface area contributed by atoms with Crippen LogP contribution in [0.1, 0.15) is 6.92 Å². The van der Waals surface area contributed by atoms with Crippen LogP contribution in [-0.2, 0) is 4.74 Å². The maximum Gasteiger partial charge on any atom is 0.177 e. The van der Waals surface area contributed by atoms with Crippen molar-refractivity contribution in [1.82, 2.24) is 0 Å². The van der Waals surface area contributed by atoms with Crippen LogP contribution in [-0.4, -0.2) is 12.5 Å². The van der Waals surface area contributed by atoms with E-state index in [0.717, 1.165) is 0 Å². The Hall–Kier alpha value is -0.500. The summed E-state index contributed by atoms with van der Waals surface area (Å²) in [5, 5.41) is 6.73. The van der Waals surface area contributed by atoms with Crippen molar-refractivity contribution in [2.45, 2.75) is 6.92 Å². The molecule has 0 saturated carbocycles. The first-order chi connectivity index (χ1) is 3.27. The third kappa shape index (κ3) is 9.09. The van der Waals surface area contributed by atoms with E-state index >= 15 is 0 Å². The Morgan fingerprint density at radius 2 is 2.38 bits per heavy atom. The predicted molar refractivity (Wildman–Crippen MR) is 36.8 cm³/mol. The Morgan fingerprint density at radius 3 is 2.50 bits per heavy atom. The Bertz CT molecular complexity index is 82.5. The van der Waals surface area contributed by atoms with E-state index in [1.807, 2.05) is 0 Å². The second kappa shape index (κ2) is 6.50. The number of halogens is 1. The average Bonchev–Trinajstić information content (AvgIpc) is 1.61. The normalized spacial score (nSPS) is 6.62. The number of nitrogens with one attached hydrogen (secondary N) is 1. The molecule has 0 unspecified atom stereocenters. The summed E-state index contributed by atoms with van der Waals surface area (Å²) in [6.07, 6.45) is 1.61. The lowest BCUT2D eigenvalue weighted by molar-refractivity contribution is 0.344. The van der Waals surface area contributed by atoms with Gasteiger partial charge in [-0.3, -0.25) is 5.41 Å². The van der Waals surface area contributed by atoms with Gasteiger partial charge in [-0.1, -0.05) is 12.7 Å². The van der Waals surface area contributed by atoms with Crippen LogP contribution in [0.2, 0.25) is 0 Å². The third-order valence-corrected chi connectivity index (χ3v) is 0.418. The quantitative estimate of drug-likeness (QED) is 0.348. The number of ether oxygens (including phenoxy) is 1. The van der Waals surface area contributed by atoms with Gasteiger partial charge in [0.1, 0.15) is 6.61 Å². The highest BCUT2D eigenvalue weighted by atomic mass is 35.5. The summed E-state index contributed by atoms with van der Waals surface area (Å²) in [5.74, 6) is 0.236. The molecule has 0 aliphatic heterocycles. The molecule has 0 radical (unpaired) electrons. The van der Waals surface area contributed by atoms with E-state index in [1.165, 1.54) is 0 Å². The summed E-state index contributed by atoms with van der Waals surface area (Å²) in [6, 6.07) is 0. The Labute approximate surface area is 55.5 Å². The summed E-state index contributed by atoms with van der Waals surface area (Å²) >= 11 is 0. The van der Waals surface area contributed by atoms with Gasteiger partial charge in [0.05, 0.1) is 0 Å². The minimum Gasteiger partial charge on any atom is -0.477 e. The number of hydrogen-bond acceptors (Lipinski definition) is 2. The highest BCUT2D eigenvalue weighted by Gasteiger charge is 1.78. The van der Waals surface area contributed by atoms with Gasteiger partial charge >= 0.3 is 0 Å². The molecule has 1 N–H and O–H groups in total. The van der Waals surface area contributed by atoms with E-state index in [4.69, 9.17) is 5.41 Å². The van der Waals surface area contributed by atoms with Gasteiger partial charge in [-0.2, -0.15) is 0 Å². The van der Waals surface area contributed by atoms with E-state index in [2.05, 4.69) is 11.3 Å². The molecule has 2 nitrogen and oxygen atoms in total. The van der Waals surface area contributed by atoms with Crippen molar-refractivity contribution in [3.8, 4) is 0 Å². The first-order valence-electron chi connectivity index (χ1n) is 2.06. The summed E-state index contributed by atoms with van der Waals surface area (Å²) in [6.45, 7) is 5.44. The summed E-state index contributed by atoms with van der Waals surface area (Å²) in [5.41, 5.74) is 0. The minimum absolute atomic E-state index is 0. The lowest BCUT2D eigenvalue weighted by Crippen LogP contribution is -1.95.